The highest BCUT2D eigenvalue weighted by Crippen LogP contribution is 2.36. The van der Waals surface area contributed by atoms with E-state index in [4.69, 9.17) is 27.9 Å². The zero-order valence-corrected chi connectivity index (χ0v) is 19.9. The lowest BCUT2D eigenvalue weighted by atomic mass is 9.92. The van der Waals surface area contributed by atoms with Crippen molar-refractivity contribution < 1.29 is 31.5 Å². The lowest BCUT2D eigenvalue weighted by Gasteiger charge is -2.22. The number of nitrogens with one attached hydrogen (secondary N) is 1. The van der Waals surface area contributed by atoms with Crippen molar-refractivity contribution in [2.45, 2.75) is 37.8 Å². The Hall–Kier alpha value is -2.98. The van der Waals surface area contributed by atoms with Crippen LogP contribution >= 0.6 is 23.2 Å². The van der Waals surface area contributed by atoms with Crippen LogP contribution in [0.25, 0.3) is 0 Å². The Bertz CT molecular complexity index is 1300. The molecule has 1 amide bonds. The number of benzene rings is 2. The number of fused-ring (bicyclic) bond motifs is 1. The van der Waals surface area contributed by atoms with Crippen LogP contribution in [0.15, 0.2) is 42.5 Å². The fraction of sp³-hybridized carbons (Fsp3) is 0.292. The molecule has 3 aromatic rings. The molecular formula is C24H18Cl2F5N3O2. The second-order valence-corrected chi connectivity index (χ2v) is 9.00. The molecule has 0 fully saturated rings. The normalized spacial score (nSPS) is 13.8. The van der Waals surface area contributed by atoms with Crippen LogP contribution in [-0.2, 0) is 24.9 Å². The second kappa shape index (κ2) is 10.2. The molecule has 0 bridgehead atoms. The number of carbonyl (C=O) groups excluding carboxylic acids is 1. The molecule has 190 valence electrons. The monoisotopic (exact) mass is 545 g/mol. The fourth-order valence-electron chi connectivity index (χ4n) is 3.87. The number of ether oxygens (including phenoxy) is 1. The maximum atomic E-state index is 14.9. The van der Waals surface area contributed by atoms with Gasteiger partial charge in [0.25, 0.3) is 17.7 Å². The van der Waals surface area contributed by atoms with E-state index in [-0.39, 0.29) is 27.2 Å². The van der Waals surface area contributed by atoms with E-state index in [1.165, 1.54) is 18.2 Å². The lowest BCUT2D eigenvalue weighted by molar-refractivity contribution is -0.137. The molecule has 0 saturated heterocycles. The summed E-state index contributed by atoms with van der Waals surface area (Å²) in [6.07, 6.45) is -2.19. The SMILES string of the molecule is O=C(NCC(F)(F)c1ccc(Cl)cc1Cl)c1c(Oc2cccc(C(F)(F)F)c2)nnc2c1CCCC2. The summed E-state index contributed by atoms with van der Waals surface area (Å²) in [4.78, 5) is 13.1. The Morgan fingerprint density at radius 1 is 1.00 bits per heavy atom. The van der Waals surface area contributed by atoms with Gasteiger partial charge in [0.1, 0.15) is 11.3 Å². The largest absolute Gasteiger partial charge is 0.437 e. The van der Waals surface area contributed by atoms with E-state index in [0.29, 0.717) is 30.5 Å². The highest BCUT2D eigenvalue weighted by molar-refractivity contribution is 6.35. The number of rotatable bonds is 6. The van der Waals surface area contributed by atoms with Crippen molar-refractivity contribution in [1.82, 2.24) is 15.5 Å². The van der Waals surface area contributed by atoms with Gasteiger partial charge >= 0.3 is 6.18 Å². The number of hydrogen-bond acceptors (Lipinski definition) is 4. The number of nitrogens with zero attached hydrogens (tertiary/aromatic N) is 2. The van der Waals surface area contributed by atoms with Crippen LogP contribution in [0.5, 0.6) is 11.6 Å². The predicted molar refractivity (Wildman–Crippen MR) is 123 cm³/mol. The molecule has 4 rings (SSSR count). The number of aryl methyl sites for hydroxylation is 1. The van der Waals surface area contributed by atoms with Crippen molar-refractivity contribution in [2.75, 3.05) is 6.54 Å². The van der Waals surface area contributed by atoms with Crippen molar-refractivity contribution in [3.8, 4) is 11.6 Å². The van der Waals surface area contributed by atoms with Gasteiger partial charge in [0.2, 0.25) is 0 Å². The molecule has 1 aromatic heterocycles. The van der Waals surface area contributed by atoms with E-state index < -0.39 is 35.7 Å². The third-order valence-electron chi connectivity index (χ3n) is 5.61. The average molecular weight is 546 g/mol. The zero-order chi connectivity index (χ0) is 26.1. The van der Waals surface area contributed by atoms with E-state index in [0.717, 1.165) is 30.7 Å². The van der Waals surface area contributed by atoms with E-state index in [1.807, 2.05) is 0 Å². The van der Waals surface area contributed by atoms with Gasteiger partial charge in [-0.1, -0.05) is 29.3 Å². The third kappa shape index (κ3) is 5.70. The van der Waals surface area contributed by atoms with Gasteiger partial charge in [-0.25, -0.2) is 0 Å². The van der Waals surface area contributed by atoms with Crippen molar-refractivity contribution in [3.63, 3.8) is 0 Å². The number of carbonyl (C=O) groups is 1. The summed E-state index contributed by atoms with van der Waals surface area (Å²) in [5.74, 6) is -5.07. The molecule has 0 aliphatic heterocycles. The third-order valence-corrected chi connectivity index (χ3v) is 6.16. The van der Waals surface area contributed by atoms with Crippen LogP contribution < -0.4 is 10.1 Å². The first-order valence-electron chi connectivity index (χ1n) is 10.8. The summed E-state index contributed by atoms with van der Waals surface area (Å²) in [7, 11) is 0. The Balaban J connectivity index is 1.64. The Morgan fingerprint density at radius 3 is 2.47 bits per heavy atom. The van der Waals surface area contributed by atoms with E-state index in [2.05, 4.69) is 15.5 Å². The van der Waals surface area contributed by atoms with Crippen molar-refractivity contribution in [2.24, 2.45) is 0 Å². The molecule has 0 atom stereocenters. The van der Waals surface area contributed by atoms with Gasteiger partial charge in [0, 0.05) is 10.6 Å². The lowest BCUT2D eigenvalue weighted by Crippen LogP contribution is -2.36. The molecule has 0 radical (unpaired) electrons. The molecule has 1 aliphatic rings. The van der Waals surface area contributed by atoms with Gasteiger partial charge < -0.3 is 10.1 Å². The summed E-state index contributed by atoms with van der Waals surface area (Å²) < 4.78 is 74.6. The molecule has 36 heavy (non-hydrogen) atoms. The first kappa shape index (κ1) is 26.1. The number of amides is 1. The molecule has 1 heterocycles. The second-order valence-electron chi connectivity index (χ2n) is 8.15. The molecule has 12 heteroatoms. The summed E-state index contributed by atoms with van der Waals surface area (Å²) in [6.45, 7) is -1.10. The number of hydrogen-bond donors (Lipinski definition) is 1. The smallest absolute Gasteiger partial charge is 0.416 e. The summed E-state index contributed by atoms with van der Waals surface area (Å²) in [5.41, 5.74) is -0.658. The topological polar surface area (TPSA) is 64.1 Å². The minimum Gasteiger partial charge on any atom is -0.437 e. The highest BCUT2D eigenvalue weighted by atomic mass is 35.5. The molecule has 1 N–H and O–H groups in total. The summed E-state index contributed by atoms with van der Waals surface area (Å²) in [6, 6.07) is 7.49. The molecule has 5 nitrogen and oxygen atoms in total. The average Bonchev–Trinajstić information content (AvgIpc) is 2.82. The summed E-state index contributed by atoms with van der Waals surface area (Å²) >= 11 is 11.7. The minimum absolute atomic E-state index is 0.143. The zero-order valence-electron chi connectivity index (χ0n) is 18.4. The Labute approximate surface area is 212 Å². The number of alkyl halides is 5. The Morgan fingerprint density at radius 2 is 1.75 bits per heavy atom. The van der Waals surface area contributed by atoms with Gasteiger partial charge in [0.15, 0.2) is 0 Å². The first-order chi connectivity index (χ1) is 17.0. The molecule has 0 unspecified atom stereocenters. The van der Waals surface area contributed by atoms with Crippen LogP contribution in [0.2, 0.25) is 10.0 Å². The van der Waals surface area contributed by atoms with Gasteiger partial charge in [-0.05, 0) is 67.6 Å². The molecule has 0 spiro atoms. The molecule has 0 saturated carbocycles. The standard InChI is InChI=1S/C24H18Cl2F5N3O2/c25-14-8-9-17(18(26)11-14)23(27,28)12-32-21(35)20-16-6-1-2-7-19(16)33-34-22(20)36-15-5-3-4-13(10-15)24(29,30)31/h3-5,8-11H,1-2,6-7,12H2,(H,32,35). The van der Waals surface area contributed by atoms with Gasteiger partial charge in [-0.2, -0.15) is 27.1 Å². The maximum absolute atomic E-state index is 14.9. The van der Waals surface area contributed by atoms with Crippen LogP contribution in [0, 0.1) is 0 Å². The van der Waals surface area contributed by atoms with Gasteiger partial charge in [0.05, 0.1) is 22.8 Å². The molecule has 1 aliphatic carbocycles. The highest BCUT2D eigenvalue weighted by Gasteiger charge is 2.36. The maximum Gasteiger partial charge on any atom is 0.416 e. The van der Waals surface area contributed by atoms with Gasteiger partial charge in [-0.15, -0.1) is 5.10 Å². The van der Waals surface area contributed by atoms with Crippen LogP contribution in [0.4, 0.5) is 22.0 Å². The van der Waals surface area contributed by atoms with Gasteiger partial charge in [-0.3, -0.25) is 4.79 Å². The number of halogens is 7. The van der Waals surface area contributed by atoms with Crippen molar-refractivity contribution >= 4 is 29.1 Å². The van der Waals surface area contributed by atoms with Crippen LogP contribution in [0.1, 0.15) is 45.6 Å². The Kier molecular flexibility index (Phi) is 7.38. The fourth-order valence-corrected chi connectivity index (χ4v) is 4.41. The molecule has 2 aromatic carbocycles. The number of aromatic nitrogens is 2. The van der Waals surface area contributed by atoms with Crippen LogP contribution in [-0.4, -0.2) is 22.6 Å². The van der Waals surface area contributed by atoms with E-state index in [9.17, 15) is 26.7 Å². The minimum atomic E-state index is -4.62. The quantitative estimate of drug-likeness (QED) is 0.339. The van der Waals surface area contributed by atoms with Crippen molar-refractivity contribution in [1.29, 1.82) is 0 Å². The van der Waals surface area contributed by atoms with Crippen LogP contribution in [0.3, 0.4) is 0 Å². The molecular weight excluding hydrogens is 528 g/mol. The van der Waals surface area contributed by atoms with Crippen molar-refractivity contribution in [3.05, 3.63) is 80.5 Å². The predicted octanol–water partition coefficient (Wildman–Crippen LogP) is 7.00. The summed E-state index contributed by atoms with van der Waals surface area (Å²) in [5, 5.41) is 10.0. The van der Waals surface area contributed by atoms with E-state index in [1.54, 1.807) is 0 Å². The van der Waals surface area contributed by atoms with E-state index >= 15 is 0 Å². The first-order valence-corrected chi connectivity index (χ1v) is 11.6.